The Morgan fingerprint density at radius 3 is 3.00 bits per heavy atom. The van der Waals surface area contributed by atoms with Crippen molar-refractivity contribution in [1.82, 2.24) is 10.6 Å². The van der Waals surface area contributed by atoms with Crippen LogP contribution in [0.15, 0.2) is 28.7 Å². The molecule has 0 bridgehead atoms. The van der Waals surface area contributed by atoms with Crippen LogP contribution in [0.2, 0.25) is 0 Å². The third kappa shape index (κ3) is 5.28. The predicted octanol–water partition coefficient (Wildman–Crippen LogP) is 1.09. The number of amides is 1. The molecule has 1 heterocycles. The van der Waals surface area contributed by atoms with Gasteiger partial charge in [-0.2, -0.15) is 0 Å². The quantitative estimate of drug-likeness (QED) is 0.683. The third-order valence-corrected chi connectivity index (χ3v) is 3.38. The Balaban J connectivity index is 0.00000200. The van der Waals surface area contributed by atoms with Crippen LogP contribution in [0.4, 0.5) is 0 Å². The molecule has 0 aromatic heterocycles. The molecule has 2 atom stereocenters. The smallest absolute Gasteiger partial charge is 0.237 e. The van der Waals surface area contributed by atoms with Gasteiger partial charge in [0, 0.05) is 11.0 Å². The molecule has 7 heteroatoms. The van der Waals surface area contributed by atoms with Gasteiger partial charge < -0.3 is 20.5 Å². The third-order valence-electron chi connectivity index (χ3n) is 2.89. The van der Waals surface area contributed by atoms with Gasteiger partial charge in [0.25, 0.3) is 0 Å². The number of hydrogen-bond acceptors (Lipinski definition) is 4. The van der Waals surface area contributed by atoms with Crippen molar-refractivity contribution in [3.8, 4) is 5.75 Å². The highest BCUT2D eigenvalue weighted by Crippen LogP contribution is 2.17. The lowest BCUT2D eigenvalue weighted by Gasteiger charge is -2.11. The Hall–Kier alpha value is -0.820. The minimum atomic E-state index is -0.423. The predicted molar refractivity (Wildman–Crippen MR) is 82.3 cm³/mol. The first-order valence-electron chi connectivity index (χ1n) is 6.22. The molecular formula is C13H18BrClN2O3. The van der Waals surface area contributed by atoms with Gasteiger partial charge in [-0.1, -0.05) is 22.0 Å². The average molecular weight is 366 g/mol. The van der Waals surface area contributed by atoms with E-state index in [1.54, 1.807) is 0 Å². The van der Waals surface area contributed by atoms with Gasteiger partial charge in [0.05, 0.1) is 18.7 Å². The van der Waals surface area contributed by atoms with Crippen molar-refractivity contribution in [2.75, 3.05) is 19.7 Å². The molecular weight excluding hydrogens is 348 g/mol. The standard InChI is InChI=1S/C13H17BrN2O3.ClH/c14-9-2-1-3-11(6-9)19-5-4-15-13(18)12-7-10(17)8-16-12;/h1-3,6,10,12,16-17H,4-5,7-8H2,(H,15,18);1H. The first-order valence-corrected chi connectivity index (χ1v) is 7.02. The number of ether oxygens (including phenoxy) is 1. The van der Waals surface area contributed by atoms with Crippen LogP contribution in [-0.2, 0) is 4.79 Å². The number of benzene rings is 1. The van der Waals surface area contributed by atoms with Crippen LogP contribution in [-0.4, -0.2) is 42.9 Å². The first kappa shape index (κ1) is 17.2. The molecule has 1 saturated heterocycles. The molecule has 1 aliphatic rings. The summed E-state index contributed by atoms with van der Waals surface area (Å²) in [5, 5.41) is 15.1. The molecule has 1 aromatic carbocycles. The number of rotatable bonds is 5. The van der Waals surface area contributed by atoms with Gasteiger partial charge in [0.2, 0.25) is 5.91 Å². The van der Waals surface area contributed by atoms with Gasteiger partial charge in [-0.15, -0.1) is 12.4 Å². The maximum absolute atomic E-state index is 11.7. The number of halogens is 2. The van der Waals surface area contributed by atoms with Gasteiger partial charge in [0.1, 0.15) is 12.4 Å². The molecule has 2 rings (SSSR count). The molecule has 20 heavy (non-hydrogen) atoms. The van der Waals surface area contributed by atoms with Crippen LogP contribution < -0.4 is 15.4 Å². The van der Waals surface area contributed by atoms with Gasteiger partial charge in [-0.05, 0) is 24.6 Å². The molecule has 112 valence electrons. The van der Waals surface area contributed by atoms with Crippen molar-refractivity contribution < 1.29 is 14.6 Å². The second-order valence-corrected chi connectivity index (χ2v) is 5.36. The van der Waals surface area contributed by atoms with E-state index in [-0.39, 0.29) is 24.4 Å². The van der Waals surface area contributed by atoms with Crippen molar-refractivity contribution in [2.24, 2.45) is 0 Å². The van der Waals surface area contributed by atoms with Crippen molar-refractivity contribution in [3.63, 3.8) is 0 Å². The highest BCUT2D eigenvalue weighted by Gasteiger charge is 2.27. The Morgan fingerprint density at radius 1 is 1.55 bits per heavy atom. The summed E-state index contributed by atoms with van der Waals surface area (Å²) in [4.78, 5) is 11.7. The van der Waals surface area contributed by atoms with Crippen molar-refractivity contribution in [2.45, 2.75) is 18.6 Å². The van der Waals surface area contributed by atoms with Crippen molar-refractivity contribution in [3.05, 3.63) is 28.7 Å². The molecule has 5 nitrogen and oxygen atoms in total. The van der Waals surface area contributed by atoms with Crippen molar-refractivity contribution in [1.29, 1.82) is 0 Å². The maximum Gasteiger partial charge on any atom is 0.237 e. The Kier molecular flexibility index (Phi) is 7.29. The second-order valence-electron chi connectivity index (χ2n) is 4.45. The summed E-state index contributed by atoms with van der Waals surface area (Å²) in [6.45, 7) is 1.34. The Morgan fingerprint density at radius 2 is 2.35 bits per heavy atom. The summed E-state index contributed by atoms with van der Waals surface area (Å²) in [5.41, 5.74) is 0. The number of hydrogen-bond donors (Lipinski definition) is 3. The fourth-order valence-electron chi connectivity index (χ4n) is 1.94. The van der Waals surface area contributed by atoms with E-state index in [1.165, 1.54) is 0 Å². The van der Waals surface area contributed by atoms with E-state index >= 15 is 0 Å². The lowest BCUT2D eigenvalue weighted by Crippen LogP contribution is -2.41. The van der Waals surface area contributed by atoms with E-state index in [0.717, 1.165) is 10.2 Å². The minimum Gasteiger partial charge on any atom is -0.492 e. The molecule has 1 amide bonds. The topological polar surface area (TPSA) is 70.6 Å². The Labute approximate surface area is 132 Å². The van der Waals surface area contributed by atoms with Crippen LogP contribution in [0.3, 0.4) is 0 Å². The molecule has 0 aliphatic carbocycles. The zero-order valence-electron chi connectivity index (χ0n) is 10.8. The number of β-amino-alcohol motifs (C(OH)–C–C–N with tert-alkyl or cyclic N) is 1. The van der Waals surface area contributed by atoms with Crippen LogP contribution in [0.1, 0.15) is 6.42 Å². The summed E-state index contributed by atoms with van der Waals surface area (Å²) >= 11 is 3.36. The number of aliphatic hydroxyl groups excluding tert-OH is 1. The summed E-state index contributed by atoms with van der Waals surface area (Å²) in [6, 6.07) is 7.26. The van der Waals surface area contributed by atoms with Crippen molar-refractivity contribution >= 4 is 34.2 Å². The highest BCUT2D eigenvalue weighted by atomic mass is 79.9. The van der Waals surface area contributed by atoms with Gasteiger partial charge in [0.15, 0.2) is 0 Å². The molecule has 2 unspecified atom stereocenters. The van der Waals surface area contributed by atoms with E-state index in [4.69, 9.17) is 4.74 Å². The zero-order chi connectivity index (χ0) is 13.7. The summed E-state index contributed by atoms with van der Waals surface area (Å²) in [7, 11) is 0. The van der Waals surface area contributed by atoms with E-state index < -0.39 is 6.10 Å². The van der Waals surface area contributed by atoms with Gasteiger partial charge in [-0.3, -0.25) is 4.79 Å². The number of aliphatic hydroxyl groups is 1. The molecule has 1 aromatic rings. The van der Waals surface area contributed by atoms with Gasteiger partial charge in [-0.25, -0.2) is 0 Å². The maximum atomic E-state index is 11.7. The summed E-state index contributed by atoms with van der Waals surface area (Å²) in [6.07, 6.45) is 0.0480. The Bertz CT molecular complexity index is 447. The molecule has 1 fully saturated rings. The lowest BCUT2D eigenvalue weighted by atomic mass is 10.2. The fraction of sp³-hybridized carbons (Fsp3) is 0.462. The van der Waals surface area contributed by atoms with Crippen LogP contribution in [0.5, 0.6) is 5.75 Å². The molecule has 3 N–H and O–H groups in total. The minimum absolute atomic E-state index is 0. The SMILES string of the molecule is Cl.O=C(NCCOc1cccc(Br)c1)C1CC(O)CN1. The highest BCUT2D eigenvalue weighted by molar-refractivity contribution is 9.10. The monoisotopic (exact) mass is 364 g/mol. The van der Waals surface area contributed by atoms with Crippen LogP contribution >= 0.6 is 28.3 Å². The van der Waals surface area contributed by atoms with Gasteiger partial charge >= 0.3 is 0 Å². The lowest BCUT2D eigenvalue weighted by molar-refractivity contribution is -0.123. The van der Waals surface area contributed by atoms with Crippen LogP contribution in [0.25, 0.3) is 0 Å². The largest absolute Gasteiger partial charge is 0.492 e. The zero-order valence-corrected chi connectivity index (χ0v) is 13.2. The number of nitrogens with one attached hydrogen (secondary N) is 2. The first-order chi connectivity index (χ1) is 9.15. The second kappa shape index (κ2) is 8.46. The number of carbonyl (C=O) groups excluding carboxylic acids is 1. The fourth-order valence-corrected chi connectivity index (χ4v) is 2.32. The summed E-state index contributed by atoms with van der Waals surface area (Å²) < 4.78 is 6.46. The molecule has 0 saturated carbocycles. The average Bonchev–Trinajstić information content (AvgIpc) is 2.81. The molecule has 0 radical (unpaired) electrons. The number of carbonyl (C=O) groups is 1. The van der Waals surface area contributed by atoms with E-state index in [2.05, 4.69) is 26.6 Å². The summed E-state index contributed by atoms with van der Waals surface area (Å²) in [5.74, 6) is 0.674. The van der Waals surface area contributed by atoms with E-state index in [0.29, 0.717) is 26.1 Å². The normalized spacial score (nSPS) is 21.1. The van der Waals surface area contributed by atoms with E-state index in [1.807, 2.05) is 24.3 Å². The molecule has 1 aliphatic heterocycles. The van der Waals surface area contributed by atoms with Crippen LogP contribution in [0, 0.1) is 0 Å². The van der Waals surface area contributed by atoms with E-state index in [9.17, 15) is 9.90 Å². The molecule has 0 spiro atoms.